The molecule has 1 atom stereocenters. The van der Waals surface area contributed by atoms with Gasteiger partial charge in [-0.15, -0.1) is 0 Å². The van der Waals surface area contributed by atoms with Gasteiger partial charge in [0.1, 0.15) is 0 Å². The fraction of sp³-hybridized carbons (Fsp3) is 0.263. The highest BCUT2D eigenvalue weighted by molar-refractivity contribution is 6.09. The summed E-state index contributed by atoms with van der Waals surface area (Å²) in [5, 5.41) is 9.43. The molecule has 0 aliphatic rings. The van der Waals surface area contributed by atoms with Crippen LogP contribution in [0.2, 0.25) is 0 Å². The number of aromatic carboxylic acids is 1. The third-order valence-electron chi connectivity index (χ3n) is 3.95. The fourth-order valence-corrected chi connectivity index (χ4v) is 2.79. The fourth-order valence-electron chi connectivity index (χ4n) is 2.79. The Morgan fingerprint density at radius 1 is 1.04 bits per heavy atom. The second kappa shape index (κ2) is 7.20. The van der Waals surface area contributed by atoms with Gasteiger partial charge in [-0.2, -0.15) is 0 Å². The maximum atomic E-state index is 12.6. The van der Waals surface area contributed by atoms with E-state index in [1.807, 2.05) is 44.1 Å². The average molecular weight is 311 g/mol. The average Bonchev–Trinajstić information content (AvgIpc) is 2.55. The number of carboxylic acids is 1. The minimum atomic E-state index is -0.973. The summed E-state index contributed by atoms with van der Waals surface area (Å²) in [5.41, 5.74) is 2.03. The van der Waals surface area contributed by atoms with E-state index in [4.69, 9.17) is 0 Å². The summed E-state index contributed by atoms with van der Waals surface area (Å²) in [7, 11) is 3.82. The van der Waals surface area contributed by atoms with Crippen molar-refractivity contribution in [3.63, 3.8) is 0 Å². The first-order valence-electron chi connectivity index (χ1n) is 7.59. The molecule has 4 heteroatoms. The molecule has 2 aromatic rings. The van der Waals surface area contributed by atoms with Crippen LogP contribution < -0.4 is 0 Å². The summed E-state index contributed by atoms with van der Waals surface area (Å²) in [6, 6.07) is 13.8. The number of nitrogens with zero attached hydrogens (tertiary/aromatic N) is 1. The number of rotatable bonds is 6. The topological polar surface area (TPSA) is 57.6 Å². The Morgan fingerprint density at radius 3 is 2.22 bits per heavy atom. The number of hydrogen-bond acceptors (Lipinski definition) is 3. The second-order valence-corrected chi connectivity index (χ2v) is 5.69. The molecule has 120 valence electrons. The smallest absolute Gasteiger partial charge is 0.336 e. The monoisotopic (exact) mass is 311 g/mol. The van der Waals surface area contributed by atoms with Gasteiger partial charge in [-0.05, 0) is 38.2 Å². The van der Waals surface area contributed by atoms with E-state index in [0.29, 0.717) is 16.7 Å². The molecule has 4 nitrogen and oxygen atoms in total. The third-order valence-corrected chi connectivity index (χ3v) is 3.95. The molecule has 0 aromatic heterocycles. The van der Waals surface area contributed by atoms with E-state index in [1.165, 1.54) is 6.07 Å². The van der Waals surface area contributed by atoms with Crippen LogP contribution in [0.4, 0.5) is 0 Å². The summed E-state index contributed by atoms with van der Waals surface area (Å²) in [5.74, 6) is -1.07. The summed E-state index contributed by atoms with van der Waals surface area (Å²) in [4.78, 5) is 26.1. The molecule has 2 rings (SSSR count). The van der Waals surface area contributed by atoms with Gasteiger partial charge >= 0.3 is 5.97 Å². The summed E-state index contributed by atoms with van der Waals surface area (Å²) < 4.78 is 0. The Bertz CT molecular complexity index is 708. The van der Waals surface area contributed by atoms with Gasteiger partial charge in [-0.1, -0.05) is 43.3 Å². The minimum Gasteiger partial charge on any atom is -0.478 e. The molecule has 23 heavy (non-hydrogen) atoms. The SMILES string of the molecule is CCC(c1cc(C(=O)c2ccccc2)ccc1C(=O)O)N(C)C. The lowest BCUT2D eigenvalue weighted by atomic mass is 9.92. The van der Waals surface area contributed by atoms with Crippen LogP contribution in [-0.4, -0.2) is 35.9 Å². The van der Waals surface area contributed by atoms with E-state index in [-0.39, 0.29) is 17.4 Å². The molecular formula is C19H21NO3. The van der Waals surface area contributed by atoms with Gasteiger partial charge < -0.3 is 10.0 Å². The van der Waals surface area contributed by atoms with E-state index in [2.05, 4.69) is 0 Å². The van der Waals surface area contributed by atoms with Crippen molar-refractivity contribution in [2.75, 3.05) is 14.1 Å². The van der Waals surface area contributed by atoms with Crippen LogP contribution in [0.25, 0.3) is 0 Å². The first-order valence-corrected chi connectivity index (χ1v) is 7.59. The molecule has 0 fully saturated rings. The predicted octanol–water partition coefficient (Wildman–Crippen LogP) is 3.63. The van der Waals surface area contributed by atoms with Crippen LogP contribution in [-0.2, 0) is 0 Å². The van der Waals surface area contributed by atoms with Crippen molar-refractivity contribution in [2.45, 2.75) is 19.4 Å². The first kappa shape index (κ1) is 16.9. The summed E-state index contributed by atoms with van der Waals surface area (Å²) in [6.45, 7) is 2.00. The Hall–Kier alpha value is -2.46. The Labute approximate surface area is 136 Å². The Balaban J connectivity index is 2.52. The molecule has 0 heterocycles. The zero-order valence-corrected chi connectivity index (χ0v) is 13.6. The number of carbonyl (C=O) groups excluding carboxylic acids is 1. The zero-order valence-electron chi connectivity index (χ0n) is 13.6. The van der Waals surface area contributed by atoms with Gasteiger partial charge in [-0.25, -0.2) is 4.79 Å². The van der Waals surface area contributed by atoms with Crippen LogP contribution in [0, 0.1) is 0 Å². The van der Waals surface area contributed by atoms with Crippen LogP contribution in [0.5, 0.6) is 0 Å². The number of carbonyl (C=O) groups is 2. The van der Waals surface area contributed by atoms with Crippen molar-refractivity contribution in [3.05, 3.63) is 70.8 Å². The second-order valence-electron chi connectivity index (χ2n) is 5.69. The number of ketones is 1. The quantitative estimate of drug-likeness (QED) is 0.828. The molecule has 0 spiro atoms. The lowest BCUT2D eigenvalue weighted by Gasteiger charge is -2.25. The normalized spacial score (nSPS) is 12.2. The highest BCUT2D eigenvalue weighted by Gasteiger charge is 2.21. The number of carboxylic acid groups (broad SMARTS) is 1. The van der Waals surface area contributed by atoms with E-state index in [0.717, 1.165) is 6.42 Å². The van der Waals surface area contributed by atoms with E-state index >= 15 is 0 Å². The summed E-state index contributed by atoms with van der Waals surface area (Å²) in [6.07, 6.45) is 0.760. The molecule has 0 aliphatic heterocycles. The minimum absolute atomic E-state index is 0.0513. The molecule has 0 saturated carbocycles. The van der Waals surface area contributed by atoms with E-state index < -0.39 is 5.97 Å². The highest BCUT2D eigenvalue weighted by atomic mass is 16.4. The molecule has 2 aromatic carbocycles. The first-order chi connectivity index (χ1) is 11.0. The molecular weight excluding hydrogens is 290 g/mol. The lowest BCUT2D eigenvalue weighted by molar-refractivity contribution is 0.0693. The molecule has 0 amide bonds. The van der Waals surface area contributed by atoms with Gasteiger partial charge in [0, 0.05) is 17.2 Å². The van der Waals surface area contributed by atoms with Gasteiger partial charge in [0.25, 0.3) is 0 Å². The standard InChI is InChI=1S/C19H21NO3/c1-4-17(20(2)3)16-12-14(10-11-15(16)19(22)23)18(21)13-8-6-5-7-9-13/h5-12,17H,4H2,1-3H3,(H,22,23). The van der Waals surface area contributed by atoms with E-state index in [1.54, 1.807) is 24.3 Å². The van der Waals surface area contributed by atoms with Crippen molar-refractivity contribution in [1.29, 1.82) is 0 Å². The van der Waals surface area contributed by atoms with Crippen LogP contribution in [0.3, 0.4) is 0 Å². The van der Waals surface area contributed by atoms with Crippen molar-refractivity contribution in [2.24, 2.45) is 0 Å². The third kappa shape index (κ3) is 3.66. The maximum Gasteiger partial charge on any atom is 0.336 e. The van der Waals surface area contributed by atoms with Gasteiger partial charge in [0.05, 0.1) is 5.56 Å². The van der Waals surface area contributed by atoms with E-state index in [9.17, 15) is 14.7 Å². The molecule has 1 unspecified atom stereocenters. The zero-order chi connectivity index (χ0) is 17.0. The highest BCUT2D eigenvalue weighted by Crippen LogP contribution is 2.27. The molecule has 0 radical (unpaired) electrons. The number of benzene rings is 2. The van der Waals surface area contributed by atoms with Crippen molar-refractivity contribution < 1.29 is 14.7 Å². The van der Waals surface area contributed by atoms with Crippen LogP contribution in [0.15, 0.2) is 48.5 Å². The largest absolute Gasteiger partial charge is 0.478 e. The van der Waals surface area contributed by atoms with Crippen LogP contribution in [0.1, 0.15) is 51.2 Å². The van der Waals surface area contributed by atoms with Crippen molar-refractivity contribution >= 4 is 11.8 Å². The lowest BCUT2D eigenvalue weighted by Crippen LogP contribution is -2.22. The van der Waals surface area contributed by atoms with Gasteiger partial charge in [0.2, 0.25) is 0 Å². The molecule has 1 N–H and O–H groups in total. The molecule has 0 aliphatic carbocycles. The van der Waals surface area contributed by atoms with Crippen molar-refractivity contribution in [3.8, 4) is 0 Å². The maximum absolute atomic E-state index is 12.6. The summed E-state index contributed by atoms with van der Waals surface area (Å²) >= 11 is 0. The van der Waals surface area contributed by atoms with Crippen LogP contribution >= 0.6 is 0 Å². The molecule has 0 saturated heterocycles. The molecule has 0 bridgehead atoms. The Kier molecular flexibility index (Phi) is 5.29. The van der Waals surface area contributed by atoms with Gasteiger partial charge in [0.15, 0.2) is 5.78 Å². The number of hydrogen-bond donors (Lipinski definition) is 1. The Morgan fingerprint density at radius 2 is 1.70 bits per heavy atom. The predicted molar refractivity (Wildman–Crippen MR) is 90.0 cm³/mol. The van der Waals surface area contributed by atoms with Crippen molar-refractivity contribution in [1.82, 2.24) is 4.90 Å². The van der Waals surface area contributed by atoms with Gasteiger partial charge in [-0.3, -0.25) is 4.79 Å².